The molecule has 49 heavy (non-hydrogen) atoms. The summed E-state index contributed by atoms with van der Waals surface area (Å²) in [7, 11) is 0. The quantitative estimate of drug-likeness (QED) is 0.183. The molecule has 3 nitrogen and oxygen atoms in total. The minimum absolute atomic E-state index is 0.130. The van der Waals surface area contributed by atoms with Gasteiger partial charge in [0, 0.05) is 28.0 Å². The molecule has 8 aromatic rings. The van der Waals surface area contributed by atoms with E-state index in [-0.39, 0.29) is 5.41 Å². The maximum absolute atomic E-state index is 6.25. The van der Waals surface area contributed by atoms with Crippen LogP contribution in [0.5, 0.6) is 0 Å². The highest BCUT2D eigenvalue weighted by atomic mass is 16.3. The molecule has 0 spiro atoms. The standard InChI is InChI=1S/C46H34N2O/c1-46(2)41-21-13-12-20-39(41)40-24-22-36(29-42(40)46)48(37-23-25-44-43(30-37)47-45(49-44)33-18-10-5-11-19-33)38-27-34(31-14-6-3-7-15-31)26-35(28-38)32-16-8-4-9-17-32/h3-30H,1-2H3. The molecule has 7 aromatic carbocycles. The van der Waals surface area contributed by atoms with Gasteiger partial charge in [-0.05, 0) is 105 Å². The highest BCUT2D eigenvalue weighted by Gasteiger charge is 2.35. The first-order chi connectivity index (χ1) is 24.0. The van der Waals surface area contributed by atoms with E-state index in [0.29, 0.717) is 5.89 Å². The Bertz CT molecular complexity index is 2400. The van der Waals surface area contributed by atoms with E-state index >= 15 is 0 Å². The van der Waals surface area contributed by atoms with Crippen molar-refractivity contribution in [2.24, 2.45) is 0 Å². The average Bonchev–Trinajstić information content (AvgIpc) is 3.69. The lowest BCUT2D eigenvalue weighted by Crippen LogP contribution is -2.16. The van der Waals surface area contributed by atoms with Gasteiger partial charge in [0.05, 0.1) is 0 Å². The summed E-state index contributed by atoms with van der Waals surface area (Å²) in [6.45, 7) is 4.67. The van der Waals surface area contributed by atoms with Gasteiger partial charge >= 0.3 is 0 Å². The summed E-state index contributed by atoms with van der Waals surface area (Å²) < 4.78 is 6.25. The summed E-state index contributed by atoms with van der Waals surface area (Å²) in [6, 6.07) is 60.3. The van der Waals surface area contributed by atoms with Gasteiger partial charge in [-0.15, -0.1) is 0 Å². The fraction of sp³-hybridized carbons (Fsp3) is 0.0652. The number of anilines is 3. The number of oxazole rings is 1. The van der Waals surface area contributed by atoms with Crippen molar-refractivity contribution in [2.45, 2.75) is 19.3 Å². The van der Waals surface area contributed by atoms with Gasteiger partial charge in [-0.1, -0.05) is 123 Å². The second-order valence-electron chi connectivity index (χ2n) is 13.3. The minimum atomic E-state index is -0.130. The zero-order chi connectivity index (χ0) is 33.0. The van der Waals surface area contributed by atoms with Gasteiger partial charge in [-0.25, -0.2) is 4.98 Å². The number of fused-ring (bicyclic) bond motifs is 4. The van der Waals surface area contributed by atoms with Crippen LogP contribution in [0.1, 0.15) is 25.0 Å². The lowest BCUT2D eigenvalue weighted by molar-refractivity contribution is 0.620. The summed E-state index contributed by atoms with van der Waals surface area (Å²) in [5.41, 5.74) is 15.5. The Morgan fingerprint density at radius 2 is 1.00 bits per heavy atom. The van der Waals surface area contributed by atoms with E-state index < -0.39 is 0 Å². The topological polar surface area (TPSA) is 29.3 Å². The Labute approximate surface area is 286 Å². The summed E-state index contributed by atoms with van der Waals surface area (Å²) in [4.78, 5) is 7.33. The van der Waals surface area contributed by atoms with E-state index in [1.165, 1.54) is 33.4 Å². The normalized spacial score (nSPS) is 12.9. The SMILES string of the molecule is CC1(C)c2ccccc2-c2ccc(N(c3cc(-c4ccccc4)cc(-c4ccccc4)c3)c3ccc4oc(-c5ccccc5)nc4c3)cc21. The fourth-order valence-corrected chi connectivity index (χ4v) is 7.37. The zero-order valence-corrected chi connectivity index (χ0v) is 27.5. The van der Waals surface area contributed by atoms with E-state index in [9.17, 15) is 0 Å². The third kappa shape index (κ3) is 5.03. The van der Waals surface area contributed by atoms with Crippen LogP contribution in [0.2, 0.25) is 0 Å². The molecule has 1 aromatic heterocycles. The van der Waals surface area contributed by atoms with Crippen molar-refractivity contribution >= 4 is 28.2 Å². The summed E-state index contributed by atoms with van der Waals surface area (Å²) in [5, 5.41) is 0. The second kappa shape index (κ2) is 11.5. The molecule has 0 radical (unpaired) electrons. The van der Waals surface area contributed by atoms with Crippen LogP contribution in [0, 0.1) is 0 Å². The van der Waals surface area contributed by atoms with Crippen LogP contribution in [0.4, 0.5) is 17.1 Å². The van der Waals surface area contributed by atoms with E-state index in [0.717, 1.165) is 44.9 Å². The van der Waals surface area contributed by atoms with Crippen LogP contribution >= 0.6 is 0 Å². The number of hydrogen-bond donors (Lipinski definition) is 0. The number of rotatable bonds is 6. The molecular weight excluding hydrogens is 597 g/mol. The van der Waals surface area contributed by atoms with Crippen LogP contribution in [-0.2, 0) is 5.41 Å². The monoisotopic (exact) mass is 630 g/mol. The molecule has 0 bridgehead atoms. The van der Waals surface area contributed by atoms with Gasteiger partial charge < -0.3 is 9.32 Å². The fourth-order valence-electron chi connectivity index (χ4n) is 7.37. The van der Waals surface area contributed by atoms with E-state index in [4.69, 9.17) is 9.40 Å². The third-order valence-corrected chi connectivity index (χ3v) is 9.87. The molecule has 0 N–H and O–H groups in total. The molecule has 1 heterocycles. The van der Waals surface area contributed by atoms with Crippen LogP contribution in [0.25, 0.3) is 55.9 Å². The predicted octanol–water partition coefficient (Wildman–Crippen LogP) is 12.6. The molecule has 0 amide bonds. The first kappa shape index (κ1) is 29.0. The van der Waals surface area contributed by atoms with E-state index in [1.54, 1.807) is 0 Å². The van der Waals surface area contributed by atoms with Crippen molar-refractivity contribution in [1.29, 1.82) is 0 Å². The third-order valence-electron chi connectivity index (χ3n) is 9.87. The first-order valence-electron chi connectivity index (χ1n) is 16.8. The second-order valence-corrected chi connectivity index (χ2v) is 13.3. The number of hydrogen-bond acceptors (Lipinski definition) is 3. The molecule has 3 heteroatoms. The molecule has 0 aliphatic heterocycles. The summed E-state index contributed by atoms with van der Waals surface area (Å²) in [6.07, 6.45) is 0. The van der Waals surface area contributed by atoms with Gasteiger partial charge in [0.1, 0.15) is 5.52 Å². The molecule has 0 saturated carbocycles. The van der Waals surface area contributed by atoms with E-state index in [1.807, 2.05) is 36.4 Å². The average molecular weight is 631 g/mol. The van der Waals surface area contributed by atoms with E-state index in [2.05, 4.69) is 152 Å². The predicted molar refractivity (Wildman–Crippen MR) is 203 cm³/mol. The van der Waals surface area contributed by atoms with Crippen molar-refractivity contribution < 1.29 is 4.42 Å². The smallest absolute Gasteiger partial charge is 0.227 e. The zero-order valence-electron chi connectivity index (χ0n) is 27.5. The first-order valence-corrected chi connectivity index (χ1v) is 16.8. The Morgan fingerprint density at radius 3 is 1.67 bits per heavy atom. The number of aromatic nitrogens is 1. The van der Waals surface area contributed by atoms with Crippen molar-refractivity contribution in [3.05, 3.63) is 181 Å². The Hall–Kier alpha value is -6.19. The molecule has 0 unspecified atom stereocenters. The Morgan fingerprint density at radius 1 is 0.449 bits per heavy atom. The van der Waals surface area contributed by atoms with Gasteiger partial charge in [-0.3, -0.25) is 0 Å². The number of nitrogens with zero attached hydrogens (tertiary/aromatic N) is 2. The maximum atomic E-state index is 6.25. The number of benzene rings is 7. The highest BCUT2D eigenvalue weighted by molar-refractivity contribution is 5.90. The van der Waals surface area contributed by atoms with Crippen LogP contribution < -0.4 is 4.90 Å². The van der Waals surface area contributed by atoms with Gasteiger partial charge in [0.2, 0.25) is 5.89 Å². The van der Waals surface area contributed by atoms with Crippen molar-refractivity contribution in [1.82, 2.24) is 4.98 Å². The molecule has 0 fully saturated rings. The highest BCUT2D eigenvalue weighted by Crippen LogP contribution is 2.51. The molecule has 9 rings (SSSR count). The Balaban J connectivity index is 1.27. The molecular formula is C46H34N2O. The molecule has 0 saturated heterocycles. The van der Waals surface area contributed by atoms with Crippen molar-refractivity contribution in [3.8, 4) is 44.8 Å². The molecule has 234 valence electrons. The van der Waals surface area contributed by atoms with Crippen molar-refractivity contribution in [2.75, 3.05) is 4.90 Å². The van der Waals surface area contributed by atoms with Crippen LogP contribution in [0.3, 0.4) is 0 Å². The molecule has 1 aliphatic carbocycles. The van der Waals surface area contributed by atoms with Gasteiger partial charge in [-0.2, -0.15) is 0 Å². The van der Waals surface area contributed by atoms with Crippen LogP contribution in [-0.4, -0.2) is 4.98 Å². The Kier molecular flexibility index (Phi) is 6.80. The van der Waals surface area contributed by atoms with Crippen molar-refractivity contribution in [3.63, 3.8) is 0 Å². The lowest BCUT2D eigenvalue weighted by Gasteiger charge is -2.29. The summed E-state index contributed by atoms with van der Waals surface area (Å²) in [5.74, 6) is 0.619. The minimum Gasteiger partial charge on any atom is -0.436 e. The molecule has 1 aliphatic rings. The lowest BCUT2D eigenvalue weighted by atomic mass is 9.82. The van der Waals surface area contributed by atoms with Gasteiger partial charge in [0.15, 0.2) is 5.58 Å². The molecule has 0 atom stereocenters. The summed E-state index contributed by atoms with van der Waals surface area (Å²) >= 11 is 0. The van der Waals surface area contributed by atoms with Crippen LogP contribution in [0.15, 0.2) is 174 Å². The van der Waals surface area contributed by atoms with Gasteiger partial charge in [0.25, 0.3) is 0 Å². The maximum Gasteiger partial charge on any atom is 0.227 e. The largest absolute Gasteiger partial charge is 0.436 e.